The molecule has 2 bridgehead atoms. The van der Waals surface area contributed by atoms with E-state index in [1.807, 2.05) is 0 Å². The van der Waals surface area contributed by atoms with Crippen LogP contribution in [0.4, 0.5) is 13.2 Å². The molecule has 3 heterocycles. The number of carbonyl (C=O) groups excluding carboxylic acids is 2. The van der Waals surface area contributed by atoms with Crippen LogP contribution in [0.5, 0.6) is 0 Å². The zero-order valence-corrected chi connectivity index (χ0v) is 17.5. The van der Waals surface area contributed by atoms with E-state index >= 15 is 0 Å². The summed E-state index contributed by atoms with van der Waals surface area (Å²) >= 11 is 1.53. The molecule has 2 N–H and O–H groups in total. The van der Waals surface area contributed by atoms with Crippen LogP contribution in [0.2, 0.25) is 0 Å². The third-order valence-electron chi connectivity index (χ3n) is 6.57. The molecular weight excluding hydrogens is 429 g/mol. The van der Waals surface area contributed by atoms with Gasteiger partial charge in [0.2, 0.25) is 5.91 Å². The van der Waals surface area contributed by atoms with Gasteiger partial charge in [0.25, 0.3) is 5.91 Å². The zero-order valence-electron chi connectivity index (χ0n) is 16.7. The molecule has 1 aromatic carbocycles. The van der Waals surface area contributed by atoms with Crippen molar-refractivity contribution < 1.29 is 22.8 Å². The van der Waals surface area contributed by atoms with Gasteiger partial charge in [0.15, 0.2) is 0 Å². The van der Waals surface area contributed by atoms with Crippen molar-refractivity contribution in [2.45, 2.75) is 56.0 Å². The lowest BCUT2D eigenvalue weighted by Gasteiger charge is -2.41. The summed E-state index contributed by atoms with van der Waals surface area (Å²) in [6.45, 7) is 0. The Morgan fingerprint density at radius 2 is 1.77 bits per heavy atom. The molecule has 0 spiro atoms. The number of fused-ring (bicyclic) bond motifs is 2. The Bertz CT molecular complexity index is 887. The van der Waals surface area contributed by atoms with Crippen molar-refractivity contribution >= 4 is 23.6 Å². The first kappa shape index (κ1) is 22.0. The molecule has 6 nitrogen and oxygen atoms in total. The number of hydrogen-bond acceptors (Lipinski definition) is 5. The predicted octanol–water partition coefficient (Wildman–Crippen LogP) is 2.84. The lowest BCUT2D eigenvalue weighted by atomic mass is 9.84. The van der Waals surface area contributed by atoms with Crippen molar-refractivity contribution in [2.75, 3.05) is 11.6 Å². The van der Waals surface area contributed by atoms with Crippen molar-refractivity contribution in [3.05, 3.63) is 35.4 Å². The van der Waals surface area contributed by atoms with Gasteiger partial charge >= 0.3 is 6.18 Å². The number of thioether (sulfide) groups is 1. The molecule has 3 aliphatic rings. The second-order valence-corrected chi connectivity index (χ2v) is 9.38. The highest BCUT2D eigenvalue weighted by Crippen LogP contribution is 2.41. The highest BCUT2D eigenvalue weighted by molar-refractivity contribution is 7.99. The Morgan fingerprint density at radius 1 is 1.16 bits per heavy atom. The van der Waals surface area contributed by atoms with Gasteiger partial charge in [-0.05, 0) is 55.9 Å². The third kappa shape index (κ3) is 4.13. The van der Waals surface area contributed by atoms with Gasteiger partial charge in [0.1, 0.15) is 6.04 Å². The predicted molar refractivity (Wildman–Crippen MR) is 109 cm³/mol. The van der Waals surface area contributed by atoms with E-state index in [-0.39, 0.29) is 35.4 Å². The van der Waals surface area contributed by atoms with Crippen LogP contribution in [0.1, 0.15) is 41.6 Å². The Labute approximate surface area is 182 Å². The molecule has 1 aromatic rings. The van der Waals surface area contributed by atoms with Crippen LogP contribution in [0.25, 0.3) is 0 Å². The topological polar surface area (TPSA) is 90.4 Å². The molecule has 31 heavy (non-hydrogen) atoms. The lowest BCUT2D eigenvalue weighted by Crippen LogP contribution is -2.55. The van der Waals surface area contributed by atoms with Gasteiger partial charge in [0, 0.05) is 23.4 Å². The molecule has 3 aliphatic heterocycles. The van der Waals surface area contributed by atoms with Crippen LogP contribution in [0.3, 0.4) is 0 Å². The van der Waals surface area contributed by atoms with Gasteiger partial charge in [-0.15, -0.1) is 11.8 Å². The summed E-state index contributed by atoms with van der Waals surface area (Å²) in [5, 5.41) is 9.23. The van der Waals surface area contributed by atoms with Gasteiger partial charge in [0.05, 0.1) is 23.6 Å². The summed E-state index contributed by atoms with van der Waals surface area (Å²) in [6.07, 6.45) is -1.72. The van der Waals surface area contributed by atoms with E-state index in [1.54, 1.807) is 4.90 Å². The van der Waals surface area contributed by atoms with Crippen molar-refractivity contribution in [1.82, 2.24) is 9.80 Å². The molecule has 3 saturated heterocycles. The van der Waals surface area contributed by atoms with Crippen molar-refractivity contribution in [1.29, 1.82) is 5.26 Å². The molecule has 4 rings (SSSR count). The molecule has 4 atom stereocenters. The highest BCUT2D eigenvalue weighted by Gasteiger charge is 2.47. The Hall–Kier alpha value is -2.25. The fourth-order valence-electron chi connectivity index (χ4n) is 4.95. The Balaban J connectivity index is 1.44. The molecule has 10 heteroatoms. The lowest BCUT2D eigenvalue weighted by molar-refractivity contribution is -0.137. The first-order valence-corrected chi connectivity index (χ1v) is 11.4. The van der Waals surface area contributed by atoms with Crippen molar-refractivity contribution in [2.24, 2.45) is 11.7 Å². The van der Waals surface area contributed by atoms with Gasteiger partial charge in [-0.1, -0.05) is 0 Å². The van der Waals surface area contributed by atoms with E-state index in [1.165, 1.54) is 28.8 Å². The molecule has 166 valence electrons. The van der Waals surface area contributed by atoms with Crippen molar-refractivity contribution in [3.8, 4) is 6.07 Å². The van der Waals surface area contributed by atoms with E-state index in [0.717, 1.165) is 25.0 Å². The number of carbonyl (C=O) groups is 2. The average Bonchev–Trinajstić information content (AvgIpc) is 3.33. The number of benzene rings is 1. The standard InChI is InChI=1S/C21H23F3N4O2S/c22-21(23,24)14-3-1-12(2-4-14)19(29)28-15-5-6-16(28)8-13(7-15)18(26)20(30)27-11-31-10-17(27)9-25/h1-4,13,15-18H,5-8,10-11,26H2/t13?,15?,16?,17-,18-/m0/s1. The maximum Gasteiger partial charge on any atom is 0.416 e. The van der Waals surface area contributed by atoms with Crippen LogP contribution in [-0.4, -0.2) is 57.4 Å². The summed E-state index contributed by atoms with van der Waals surface area (Å²) in [6, 6.07) is 5.09. The first-order valence-electron chi connectivity index (χ1n) is 10.2. The highest BCUT2D eigenvalue weighted by atomic mass is 32.2. The largest absolute Gasteiger partial charge is 0.416 e. The van der Waals surface area contributed by atoms with Crippen molar-refractivity contribution in [3.63, 3.8) is 0 Å². The summed E-state index contributed by atoms with van der Waals surface area (Å²) in [7, 11) is 0. The SMILES string of the molecule is N#C[C@H]1CSCN1C(=O)[C@@H](N)C1CC2CCC(C1)N2C(=O)c1ccc(C(F)(F)F)cc1. The number of nitrogens with zero attached hydrogens (tertiary/aromatic N) is 3. The number of halogens is 3. The number of piperidine rings is 1. The molecule has 0 saturated carbocycles. The molecule has 2 unspecified atom stereocenters. The quantitative estimate of drug-likeness (QED) is 0.762. The number of nitrogens with two attached hydrogens (primary N) is 1. The van der Waals surface area contributed by atoms with Gasteiger partial charge < -0.3 is 15.5 Å². The molecule has 0 aromatic heterocycles. The summed E-state index contributed by atoms with van der Waals surface area (Å²) in [5.74, 6) is 0.457. The van der Waals surface area contributed by atoms with E-state index in [9.17, 15) is 28.0 Å². The van der Waals surface area contributed by atoms with Crippen LogP contribution in [0, 0.1) is 17.2 Å². The summed E-state index contributed by atoms with van der Waals surface area (Å²) in [4.78, 5) is 29.2. The minimum atomic E-state index is -4.44. The monoisotopic (exact) mass is 452 g/mol. The van der Waals surface area contributed by atoms with E-state index in [4.69, 9.17) is 5.73 Å². The number of alkyl halides is 3. The normalized spacial score (nSPS) is 29.0. The minimum Gasteiger partial charge on any atom is -0.333 e. The fraction of sp³-hybridized carbons (Fsp3) is 0.571. The van der Waals surface area contributed by atoms with Gasteiger partial charge in [-0.25, -0.2) is 0 Å². The number of hydrogen-bond donors (Lipinski definition) is 1. The molecule has 0 radical (unpaired) electrons. The minimum absolute atomic E-state index is 0.0860. The number of amides is 2. The smallest absolute Gasteiger partial charge is 0.333 e. The van der Waals surface area contributed by atoms with E-state index < -0.39 is 23.8 Å². The first-order chi connectivity index (χ1) is 14.7. The Morgan fingerprint density at radius 3 is 2.32 bits per heavy atom. The van der Waals surface area contributed by atoms with Crippen LogP contribution < -0.4 is 5.73 Å². The number of nitriles is 1. The summed E-state index contributed by atoms with van der Waals surface area (Å²) < 4.78 is 38.4. The second-order valence-electron chi connectivity index (χ2n) is 8.38. The van der Waals surface area contributed by atoms with Gasteiger partial charge in [-0.3, -0.25) is 9.59 Å². The maximum atomic E-state index is 13.0. The maximum absolute atomic E-state index is 13.0. The van der Waals surface area contributed by atoms with Crippen LogP contribution in [0.15, 0.2) is 24.3 Å². The second kappa shape index (κ2) is 8.36. The number of rotatable bonds is 3. The molecule has 0 aliphatic carbocycles. The third-order valence-corrected chi connectivity index (χ3v) is 7.58. The molecule has 3 fully saturated rings. The molecule has 2 amide bonds. The van der Waals surface area contributed by atoms with Gasteiger partial charge in [-0.2, -0.15) is 18.4 Å². The fourth-order valence-corrected chi connectivity index (χ4v) is 6.04. The Kier molecular flexibility index (Phi) is 5.92. The van der Waals surface area contributed by atoms with E-state index in [2.05, 4.69) is 6.07 Å². The summed E-state index contributed by atoms with van der Waals surface area (Å²) in [5.41, 5.74) is 5.76. The van der Waals surface area contributed by atoms with Crippen LogP contribution in [-0.2, 0) is 11.0 Å². The average molecular weight is 453 g/mol. The van der Waals surface area contributed by atoms with Crippen LogP contribution >= 0.6 is 11.8 Å². The zero-order chi connectivity index (χ0) is 22.3. The molecular formula is C21H23F3N4O2S. The van der Waals surface area contributed by atoms with E-state index in [0.29, 0.717) is 24.5 Å².